The lowest BCUT2D eigenvalue weighted by molar-refractivity contribution is -0.384. The molecule has 0 aliphatic rings. The zero-order valence-corrected chi connectivity index (χ0v) is 8.01. The molecule has 0 radical (unpaired) electrons. The van der Waals surface area contributed by atoms with Gasteiger partial charge in [0.15, 0.2) is 0 Å². The molecule has 1 amide bonds. The maximum atomic E-state index is 11.3. The number of hydrazone groups is 1. The fourth-order valence-electron chi connectivity index (χ4n) is 0.948. The molecule has 0 aliphatic carbocycles. The Hall–Kier alpha value is -2.24. The van der Waals surface area contributed by atoms with Gasteiger partial charge in [-0.25, -0.2) is 5.43 Å². The van der Waals surface area contributed by atoms with Gasteiger partial charge in [0.2, 0.25) is 0 Å². The highest BCUT2D eigenvalue weighted by atomic mass is 16.6. The summed E-state index contributed by atoms with van der Waals surface area (Å²) in [6, 6.07) is 5.44. The quantitative estimate of drug-likeness (QED) is 0.461. The molecule has 0 heterocycles. The van der Waals surface area contributed by atoms with Crippen molar-refractivity contribution in [2.24, 2.45) is 5.10 Å². The van der Waals surface area contributed by atoms with Crippen molar-refractivity contribution in [3.63, 3.8) is 0 Å². The van der Waals surface area contributed by atoms with Crippen molar-refractivity contribution in [2.45, 2.75) is 6.92 Å². The van der Waals surface area contributed by atoms with Crippen LogP contribution in [0.4, 0.5) is 5.69 Å². The fourth-order valence-corrected chi connectivity index (χ4v) is 0.948. The lowest BCUT2D eigenvalue weighted by atomic mass is 10.2. The molecule has 0 unspecified atom stereocenters. The van der Waals surface area contributed by atoms with Gasteiger partial charge in [-0.05, 0) is 13.0 Å². The predicted octanol–water partition coefficient (Wildman–Crippen LogP) is 1.33. The monoisotopic (exact) mass is 207 g/mol. The van der Waals surface area contributed by atoms with Crippen molar-refractivity contribution in [1.29, 1.82) is 0 Å². The first kappa shape index (κ1) is 10.8. The molecule has 0 saturated carbocycles. The molecule has 0 bridgehead atoms. The second-order valence-corrected chi connectivity index (χ2v) is 2.64. The van der Waals surface area contributed by atoms with E-state index in [2.05, 4.69) is 10.5 Å². The van der Waals surface area contributed by atoms with Crippen LogP contribution in [-0.2, 0) is 0 Å². The second kappa shape index (κ2) is 4.85. The SMILES string of the molecule is C/C=N/NC(=O)c1cccc([N+](=O)[O-])c1. The van der Waals surface area contributed by atoms with Gasteiger partial charge in [0.1, 0.15) is 0 Å². The molecular formula is C9H9N3O3. The molecule has 0 fully saturated rings. The van der Waals surface area contributed by atoms with Crippen molar-refractivity contribution in [3.05, 3.63) is 39.9 Å². The number of carbonyl (C=O) groups excluding carboxylic acids is 1. The Balaban J connectivity index is 2.90. The lowest BCUT2D eigenvalue weighted by Crippen LogP contribution is -2.17. The molecule has 1 aromatic carbocycles. The van der Waals surface area contributed by atoms with E-state index in [0.717, 1.165) is 0 Å². The van der Waals surface area contributed by atoms with Crippen LogP contribution in [0.3, 0.4) is 0 Å². The fraction of sp³-hybridized carbons (Fsp3) is 0.111. The van der Waals surface area contributed by atoms with Gasteiger partial charge in [0.05, 0.1) is 4.92 Å². The standard InChI is InChI=1S/C9H9N3O3/c1-2-10-11-9(13)7-4-3-5-8(6-7)12(14)15/h2-6H,1H3,(H,11,13)/b10-2+. The molecular weight excluding hydrogens is 198 g/mol. The summed E-state index contributed by atoms with van der Waals surface area (Å²) in [7, 11) is 0. The van der Waals surface area contributed by atoms with Crippen LogP contribution in [0.15, 0.2) is 29.4 Å². The Kier molecular flexibility index (Phi) is 3.50. The summed E-state index contributed by atoms with van der Waals surface area (Å²) < 4.78 is 0. The Morgan fingerprint density at radius 2 is 2.33 bits per heavy atom. The van der Waals surface area contributed by atoms with Crippen molar-refractivity contribution in [2.75, 3.05) is 0 Å². The Morgan fingerprint density at radius 1 is 1.60 bits per heavy atom. The molecule has 15 heavy (non-hydrogen) atoms. The molecule has 0 atom stereocenters. The average Bonchev–Trinajstić information content (AvgIpc) is 2.26. The van der Waals surface area contributed by atoms with Gasteiger partial charge in [-0.2, -0.15) is 5.10 Å². The number of hydrogen-bond donors (Lipinski definition) is 1. The maximum absolute atomic E-state index is 11.3. The van der Waals surface area contributed by atoms with E-state index in [0.29, 0.717) is 0 Å². The van der Waals surface area contributed by atoms with Gasteiger partial charge in [-0.3, -0.25) is 14.9 Å². The van der Waals surface area contributed by atoms with Crippen molar-refractivity contribution in [3.8, 4) is 0 Å². The lowest BCUT2D eigenvalue weighted by Gasteiger charge is -1.98. The molecule has 1 N–H and O–H groups in total. The number of nitro benzene ring substituents is 1. The number of hydrogen-bond acceptors (Lipinski definition) is 4. The maximum Gasteiger partial charge on any atom is 0.271 e. The highest BCUT2D eigenvalue weighted by Crippen LogP contribution is 2.12. The van der Waals surface area contributed by atoms with E-state index in [1.807, 2.05) is 0 Å². The van der Waals surface area contributed by atoms with E-state index < -0.39 is 10.8 Å². The van der Waals surface area contributed by atoms with Crippen LogP contribution in [-0.4, -0.2) is 17.0 Å². The smallest absolute Gasteiger partial charge is 0.267 e. The third-order valence-corrected chi connectivity index (χ3v) is 1.61. The summed E-state index contributed by atoms with van der Waals surface area (Å²) in [5.41, 5.74) is 2.30. The van der Waals surface area contributed by atoms with Crippen LogP contribution >= 0.6 is 0 Å². The van der Waals surface area contributed by atoms with Gasteiger partial charge in [0.25, 0.3) is 11.6 Å². The van der Waals surface area contributed by atoms with Crippen LogP contribution in [0.2, 0.25) is 0 Å². The minimum Gasteiger partial charge on any atom is -0.267 e. The Morgan fingerprint density at radius 3 is 2.93 bits per heavy atom. The number of non-ortho nitro benzene ring substituents is 1. The molecule has 0 aliphatic heterocycles. The van der Waals surface area contributed by atoms with Crippen molar-refractivity contribution >= 4 is 17.8 Å². The van der Waals surface area contributed by atoms with E-state index in [9.17, 15) is 14.9 Å². The zero-order chi connectivity index (χ0) is 11.3. The molecule has 0 saturated heterocycles. The van der Waals surface area contributed by atoms with Crippen LogP contribution in [0.5, 0.6) is 0 Å². The summed E-state index contributed by atoms with van der Waals surface area (Å²) in [5.74, 6) is -0.475. The number of rotatable bonds is 3. The first-order chi connectivity index (χ1) is 7.15. The van der Waals surface area contributed by atoms with Crippen molar-refractivity contribution < 1.29 is 9.72 Å². The predicted molar refractivity (Wildman–Crippen MR) is 54.7 cm³/mol. The highest BCUT2D eigenvalue weighted by Gasteiger charge is 2.10. The van der Waals surface area contributed by atoms with Gasteiger partial charge in [-0.1, -0.05) is 6.07 Å². The summed E-state index contributed by atoms with van der Waals surface area (Å²) in [4.78, 5) is 21.2. The summed E-state index contributed by atoms with van der Waals surface area (Å²) >= 11 is 0. The van der Waals surface area contributed by atoms with E-state index in [-0.39, 0.29) is 11.3 Å². The summed E-state index contributed by atoms with van der Waals surface area (Å²) in [6.07, 6.45) is 1.41. The van der Waals surface area contributed by atoms with Gasteiger partial charge in [-0.15, -0.1) is 0 Å². The zero-order valence-electron chi connectivity index (χ0n) is 8.01. The molecule has 1 aromatic rings. The third kappa shape index (κ3) is 2.87. The number of benzene rings is 1. The number of nitrogens with zero attached hydrogens (tertiary/aromatic N) is 2. The molecule has 78 valence electrons. The number of nitro groups is 1. The van der Waals surface area contributed by atoms with Crippen LogP contribution < -0.4 is 5.43 Å². The molecule has 0 aromatic heterocycles. The molecule has 1 rings (SSSR count). The molecule has 0 spiro atoms. The topological polar surface area (TPSA) is 84.6 Å². The second-order valence-electron chi connectivity index (χ2n) is 2.64. The normalized spacial score (nSPS) is 10.2. The average molecular weight is 207 g/mol. The third-order valence-electron chi connectivity index (χ3n) is 1.61. The minimum absolute atomic E-state index is 0.122. The van der Waals surface area contributed by atoms with E-state index in [4.69, 9.17) is 0 Å². The summed E-state index contributed by atoms with van der Waals surface area (Å²) in [6.45, 7) is 1.65. The van der Waals surface area contributed by atoms with E-state index >= 15 is 0 Å². The first-order valence-electron chi connectivity index (χ1n) is 4.17. The van der Waals surface area contributed by atoms with Gasteiger partial charge >= 0.3 is 0 Å². The first-order valence-corrected chi connectivity index (χ1v) is 4.17. The van der Waals surface area contributed by atoms with Crippen LogP contribution in [0.25, 0.3) is 0 Å². The van der Waals surface area contributed by atoms with Crippen LogP contribution in [0.1, 0.15) is 17.3 Å². The van der Waals surface area contributed by atoms with Crippen LogP contribution in [0, 0.1) is 10.1 Å². The molecule has 6 nitrogen and oxygen atoms in total. The molecule has 6 heteroatoms. The van der Waals surface area contributed by atoms with E-state index in [1.165, 1.54) is 30.5 Å². The minimum atomic E-state index is -0.556. The van der Waals surface area contributed by atoms with E-state index in [1.54, 1.807) is 6.92 Å². The number of carbonyl (C=O) groups is 1. The number of nitrogens with one attached hydrogen (secondary N) is 1. The van der Waals surface area contributed by atoms with Gasteiger partial charge < -0.3 is 0 Å². The highest BCUT2D eigenvalue weighted by molar-refractivity contribution is 5.94. The summed E-state index contributed by atoms with van der Waals surface area (Å²) in [5, 5.41) is 14.0. The largest absolute Gasteiger partial charge is 0.271 e. The number of amides is 1. The Labute approximate surface area is 85.8 Å². The van der Waals surface area contributed by atoms with Crippen molar-refractivity contribution in [1.82, 2.24) is 5.43 Å². The Bertz CT molecular complexity index is 415. The van der Waals surface area contributed by atoms with Gasteiger partial charge in [0, 0.05) is 23.9 Å².